The highest BCUT2D eigenvalue weighted by Gasteiger charge is 2.14. The molecule has 0 saturated carbocycles. The molecule has 2 heterocycles. The Morgan fingerprint density at radius 3 is 2.73 bits per heavy atom. The fourth-order valence-corrected chi connectivity index (χ4v) is 3.42. The lowest BCUT2D eigenvalue weighted by Crippen LogP contribution is -2.32. The number of rotatable bonds is 6. The standard InChI is InChI=1S/C18H28N4/c1-2-3-10-17-20-18-15(19)8-7-9-16(18)22(17)14-13-21-11-5-4-6-12-21/h7-9H,2-6,10-14,19H2,1H3. The molecule has 1 aliphatic rings. The van der Waals surface area contributed by atoms with Crippen LogP contribution in [-0.4, -0.2) is 34.1 Å². The second kappa shape index (κ2) is 7.14. The number of likely N-dealkylation sites (tertiary alicyclic amines) is 1. The summed E-state index contributed by atoms with van der Waals surface area (Å²) < 4.78 is 2.40. The molecule has 0 aliphatic carbocycles. The van der Waals surface area contributed by atoms with Crippen molar-refractivity contribution in [3.63, 3.8) is 0 Å². The van der Waals surface area contributed by atoms with E-state index in [2.05, 4.69) is 22.5 Å². The Morgan fingerprint density at radius 1 is 1.14 bits per heavy atom. The first-order valence-corrected chi connectivity index (χ1v) is 8.75. The number of anilines is 1. The zero-order valence-electron chi connectivity index (χ0n) is 13.7. The number of fused-ring (bicyclic) bond motifs is 1. The van der Waals surface area contributed by atoms with Gasteiger partial charge in [0.15, 0.2) is 0 Å². The van der Waals surface area contributed by atoms with Gasteiger partial charge in [0.25, 0.3) is 0 Å². The van der Waals surface area contributed by atoms with Crippen molar-refractivity contribution in [2.24, 2.45) is 0 Å². The lowest BCUT2D eigenvalue weighted by atomic mass is 10.1. The molecule has 0 bridgehead atoms. The summed E-state index contributed by atoms with van der Waals surface area (Å²) in [4.78, 5) is 7.42. The first-order valence-electron chi connectivity index (χ1n) is 8.75. The molecule has 2 aromatic rings. The number of para-hydroxylation sites is 1. The van der Waals surface area contributed by atoms with Gasteiger partial charge in [-0.3, -0.25) is 0 Å². The average molecular weight is 300 g/mol. The number of piperidine rings is 1. The molecule has 4 nitrogen and oxygen atoms in total. The Balaban J connectivity index is 1.82. The molecule has 3 rings (SSSR count). The van der Waals surface area contributed by atoms with Gasteiger partial charge in [0.05, 0.1) is 11.2 Å². The van der Waals surface area contributed by atoms with E-state index in [9.17, 15) is 0 Å². The van der Waals surface area contributed by atoms with E-state index in [0.29, 0.717) is 0 Å². The Morgan fingerprint density at radius 2 is 1.95 bits per heavy atom. The fraction of sp³-hybridized carbons (Fsp3) is 0.611. The summed E-state index contributed by atoms with van der Waals surface area (Å²) in [5.41, 5.74) is 9.09. The van der Waals surface area contributed by atoms with E-state index in [1.54, 1.807) is 0 Å². The van der Waals surface area contributed by atoms with Crippen LogP contribution in [0.4, 0.5) is 5.69 Å². The predicted octanol–water partition coefficient (Wildman–Crippen LogP) is 3.45. The van der Waals surface area contributed by atoms with Gasteiger partial charge in [0.2, 0.25) is 0 Å². The molecule has 120 valence electrons. The normalized spacial score (nSPS) is 16.4. The maximum atomic E-state index is 6.12. The van der Waals surface area contributed by atoms with Gasteiger partial charge in [0.1, 0.15) is 11.3 Å². The van der Waals surface area contributed by atoms with Crippen LogP contribution in [0.3, 0.4) is 0 Å². The van der Waals surface area contributed by atoms with E-state index in [-0.39, 0.29) is 0 Å². The molecule has 1 fully saturated rings. The molecule has 2 N–H and O–H groups in total. The van der Waals surface area contributed by atoms with Crippen molar-refractivity contribution >= 4 is 16.7 Å². The summed E-state index contributed by atoms with van der Waals surface area (Å²) in [6.07, 6.45) is 7.52. The molecular formula is C18H28N4. The number of aromatic nitrogens is 2. The van der Waals surface area contributed by atoms with E-state index in [1.165, 1.54) is 56.5 Å². The Labute approximate surface area is 133 Å². The van der Waals surface area contributed by atoms with Crippen LogP contribution < -0.4 is 5.73 Å². The maximum Gasteiger partial charge on any atom is 0.112 e. The van der Waals surface area contributed by atoms with Gasteiger partial charge in [-0.25, -0.2) is 4.98 Å². The molecule has 4 heteroatoms. The number of nitrogen functional groups attached to an aromatic ring is 1. The number of nitrogens with zero attached hydrogens (tertiary/aromatic N) is 3. The molecule has 0 unspecified atom stereocenters. The van der Waals surface area contributed by atoms with Crippen molar-refractivity contribution in [3.05, 3.63) is 24.0 Å². The van der Waals surface area contributed by atoms with Crippen molar-refractivity contribution in [1.29, 1.82) is 0 Å². The monoisotopic (exact) mass is 300 g/mol. The molecule has 0 atom stereocenters. The number of hydrogen-bond acceptors (Lipinski definition) is 3. The summed E-state index contributed by atoms with van der Waals surface area (Å²) >= 11 is 0. The van der Waals surface area contributed by atoms with E-state index in [4.69, 9.17) is 10.7 Å². The highest BCUT2D eigenvalue weighted by molar-refractivity contribution is 5.87. The lowest BCUT2D eigenvalue weighted by Gasteiger charge is -2.26. The van der Waals surface area contributed by atoms with Crippen molar-refractivity contribution < 1.29 is 0 Å². The first kappa shape index (κ1) is 15.3. The molecule has 1 aromatic carbocycles. The third-order valence-electron chi connectivity index (χ3n) is 4.73. The third kappa shape index (κ3) is 3.27. The van der Waals surface area contributed by atoms with Crippen LogP contribution in [0.1, 0.15) is 44.9 Å². The SMILES string of the molecule is CCCCc1nc2c(N)cccc2n1CCN1CCCCC1. The Bertz CT molecular complexity index is 611. The van der Waals surface area contributed by atoms with E-state index < -0.39 is 0 Å². The minimum absolute atomic E-state index is 0.798. The Kier molecular flexibility index (Phi) is 4.98. The van der Waals surface area contributed by atoms with Gasteiger partial charge in [0, 0.05) is 19.5 Å². The molecule has 0 amide bonds. The van der Waals surface area contributed by atoms with Crippen LogP contribution >= 0.6 is 0 Å². The highest BCUT2D eigenvalue weighted by Crippen LogP contribution is 2.23. The van der Waals surface area contributed by atoms with Crippen LogP contribution in [0.2, 0.25) is 0 Å². The number of benzene rings is 1. The molecule has 0 radical (unpaired) electrons. The van der Waals surface area contributed by atoms with Crippen molar-refractivity contribution in [2.45, 2.75) is 52.0 Å². The number of nitrogens with two attached hydrogens (primary N) is 1. The fourth-order valence-electron chi connectivity index (χ4n) is 3.42. The summed E-state index contributed by atoms with van der Waals surface area (Å²) in [5.74, 6) is 1.20. The maximum absolute atomic E-state index is 6.12. The van der Waals surface area contributed by atoms with Gasteiger partial charge < -0.3 is 15.2 Å². The minimum Gasteiger partial charge on any atom is -0.397 e. The van der Waals surface area contributed by atoms with Gasteiger partial charge in [-0.1, -0.05) is 25.8 Å². The molecular weight excluding hydrogens is 272 g/mol. The van der Waals surface area contributed by atoms with Crippen molar-refractivity contribution in [2.75, 3.05) is 25.4 Å². The second-order valence-corrected chi connectivity index (χ2v) is 6.40. The number of hydrogen-bond donors (Lipinski definition) is 1. The van der Waals surface area contributed by atoms with Crippen LogP contribution in [0.25, 0.3) is 11.0 Å². The zero-order valence-corrected chi connectivity index (χ0v) is 13.7. The quantitative estimate of drug-likeness (QED) is 0.831. The van der Waals surface area contributed by atoms with Crippen LogP contribution in [0, 0.1) is 0 Å². The van der Waals surface area contributed by atoms with Crippen molar-refractivity contribution in [3.8, 4) is 0 Å². The second-order valence-electron chi connectivity index (χ2n) is 6.40. The van der Waals surface area contributed by atoms with Gasteiger partial charge in [-0.2, -0.15) is 0 Å². The summed E-state index contributed by atoms with van der Waals surface area (Å²) in [5, 5.41) is 0. The zero-order chi connectivity index (χ0) is 15.4. The number of aryl methyl sites for hydroxylation is 1. The molecule has 1 aromatic heterocycles. The molecule has 1 saturated heterocycles. The van der Waals surface area contributed by atoms with Crippen molar-refractivity contribution in [1.82, 2.24) is 14.5 Å². The van der Waals surface area contributed by atoms with E-state index in [1.807, 2.05) is 12.1 Å². The Hall–Kier alpha value is -1.55. The largest absolute Gasteiger partial charge is 0.397 e. The van der Waals surface area contributed by atoms with Gasteiger partial charge in [-0.15, -0.1) is 0 Å². The van der Waals surface area contributed by atoms with Crippen LogP contribution in [0.5, 0.6) is 0 Å². The molecule has 22 heavy (non-hydrogen) atoms. The van der Waals surface area contributed by atoms with Gasteiger partial charge in [-0.05, 0) is 44.5 Å². The highest BCUT2D eigenvalue weighted by atomic mass is 15.2. The van der Waals surface area contributed by atoms with Gasteiger partial charge >= 0.3 is 0 Å². The van der Waals surface area contributed by atoms with E-state index in [0.717, 1.165) is 30.7 Å². The van der Waals surface area contributed by atoms with E-state index >= 15 is 0 Å². The number of unbranched alkanes of at least 4 members (excludes halogenated alkanes) is 1. The smallest absolute Gasteiger partial charge is 0.112 e. The average Bonchev–Trinajstić information content (AvgIpc) is 2.91. The molecule has 0 spiro atoms. The lowest BCUT2D eigenvalue weighted by molar-refractivity contribution is 0.221. The van der Waals surface area contributed by atoms with Crippen LogP contribution in [-0.2, 0) is 13.0 Å². The summed E-state index contributed by atoms with van der Waals surface area (Å²) in [6, 6.07) is 6.15. The predicted molar refractivity (Wildman–Crippen MR) is 93.0 cm³/mol. The summed E-state index contributed by atoms with van der Waals surface area (Å²) in [7, 11) is 0. The topological polar surface area (TPSA) is 47.1 Å². The summed E-state index contributed by atoms with van der Waals surface area (Å²) in [6.45, 7) is 6.88. The van der Waals surface area contributed by atoms with Crippen LogP contribution in [0.15, 0.2) is 18.2 Å². The molecule has 1 aliphatic heterocycles. The first-order chi connectivity index (χ1) is 10.8. The minimum atomic E-state index is 0.798. The third-order valence-corrected chi connectivity index (χ3v) is 4.73. The number of imidazole rings is 1.